The molecule has 0 amide bonds. The molecule has 0 aromatic heterocycles. The smallest absolute Gasteiger partial charge is 0.381 e. The predicted octanol–water partition coefficient (Wildman–Crippen LogP) is -0.506. The Kier molecular flexibility index (Phi) is 1.60. The van der Waals surface area contributed by atoms with Gasteiger partial charge in [-0.3, -0.25) is 0 Å². The lowest BCUT2D eigenvalue weighted by Gasteiger charge is -2.03. The van der Waals surface area contributed by atoms with Crippen molar-refractivity contribution in [3.63, 3.8) is 0 Å². The van der Waals surface area contributed by atoms with Crippen molar-refractivity contribution in [2.45, 2.75) is 5.66 Å². The number of esters is 2. The number of ether oxygens (including phenoxy) is 2. The average Bonchev–Trinajstić information content (AvgIpc) is 2.82. The Morgan fingerprint density at radius 1 is 1.09 bits per heavy atom. The van der Waals surface area contributed by atoms with Crippen LogP contribution >= 0.6 is 0 Å². The molecule has 0 bridgehead atoms. The standard InChI is InChI=1S/C5H6N2O4/c1-10-3(8)5(6-7-5)4(9)11-2/h1-2H3. The molecule has 1 aliphatic rings. The van der Waals surface area contributed by atoms with Crippen LogP contribution in [0.5, 0.6) is 0 Å². The van der Waals surface area contributed by atoms with Crippen molar-refractivity contribution in [3.8, 4) is 0 Å². The molecule has 60 valence electrons. The Balaban J connectivity index is 2.68. The zero-order valence-corrected chi connectivity index (χ0v) is 6.03. The van der Waals surface area contributed by atoms with Gasteiger partial charge in [0.2, 0.25) is 0 Å². The van der Waals surface area contributed by atoms with Crippen molar-refractivity contribution in [3.05, 3.63) is 0 Å². The van der Waals surface area contributed by atoms with E-state index in [2.05, 4.69) is 19.7 Å². The lowest BCUT2D eigenvalue weighted by molar-refractivity contribution is -0.156. The summed E-state index contributed by atoms with van der Waals surface area (Å²) in [5.41, 5.74) is -1.70. The summed E-state index contributed by atoms with van der Waals surface area (Å²) in [7, 11) is 2.30. The Bertz CT molecular complexity index is 211. The van der Waals surface area contributed by atoms with E-state index in [-0.39, 0.29) is 0 Å². The molecule has 1 rings (SSSR count). The second-order valence-corrected chi connectivity index (χ2v) is 1.86. The Morgan fingerprint density at radius 3 is 1.64 bits per heavy atom. The zero-order valence-electron chi connectivity index (χ0n) is 6.03. The molecule has 0 saturated carbocycles. The SMILES string of the molecule is COC(=O)C1(C(=O)OC)N=N1. The lowest BCUT2D eigenvalue weighted by Crippen LogP contribution is -2.36. The summed E-state index contributed by atoms with van der Waals surface area (Å²) in [5.74, 6) is -1.63. The fraction of sp³-hybridized carbons (Fsp3) is 0.600. The van der Waals surface area contributed by atoms with E-state index in [1.54, 1.807) is 0 Å². The molecule has 0 spiro atoms. The lowest BCUT2D eigenvalue weighted by atomic mass is 10.2. The normalized spacial score (nSPS) is 17.3. The zero-order chi connectivity index (χ0) is 8.48. The molecule has 1 aliphatic heterocycles. The van der Waals surface area contributed by atoms with Crippen LogP contribution in [0.4, 0.5) is 0 Å². The minimum atomic E-state index is -1.70. The van der Waals surface area contributed by atoms with Crippen molar-refractivity contribution in [1.82, 2.24) is 0 Å². The highest BCUT2D eigenvalue weighted by Crippen LogP contribution is 2.30. The van der Waals surface area contributed by atoms with Crippen LogP contribution in [0.25, 0.3) is 0 Å². The monoisotopic (exact) mass is 158 g/mol. The number of hydrogen-bond acceptors (Lipinski definition) is 6. The maximum Gasteiger partial charge on any atom is 0.381 e. The first-order valence-electron chi connectivity index (χ1n) is 2.78. The molecule has 0 N–H and O–H groups in total. The summed E-state index contributed by atoms with van der Waals surface area (Å²) in [6.45, 7) is 0. The van der Waals surface area contributed by atoms with Crippen LogP contribution in [0, 0.1) is 0 Å². The number of methoxy groups -OCH3 is 2. The number of hydrogen-bond donors (Lipinski definition) is 0. The van der Waals surface area contributed by atoms with Gasteiger partial charge in [0.1, 0.15) is 0 Å². The first kappa shape index (κ1) is 7.64. The third-order valence-electron chi connectivity index (χ3n) is 1.24. The topological polar surface area (TPSA) is 77.3 Å². The molecule has 0 unspecified atom stereocenters. The summed E-state index contributed by atoms with van der Waals surface area (Å²) in [4.78, 5) is 21.6. The highest BCUT2D eigenvalue weighted by atomic mass is 16.6. The van der Waals surface area contributed by atoms with Crippen molar-refractivity contribution in [2.75, 3.05) is 14.2 Å². The summed E-state index contributed by atoms with van der Waals surface area (Å²) in [6.07, 6.45) is 0. The van der Waals surface area contributed by atoms with E-state index in [0.717, 1.165) is 14.2 Å². The second kappa shape index (κ2) is 2.30. The Labute approximate surface area is 62.2 Å². The molecule has 0 radical (unpaired) electrons. The van der Waals surface area contributed by atoms with Gasteiger partial charge in [0.15, 0.2) is 0 Å². The van der Waals surface area contributed by atoms with Crippen molar-refractivity contribution in [1.29, 1.82) is 0 Å². The van der Waals surface area contributed by atoms with Crippen LogP contribution in [0.3, 0.4) is 0 Å². The van der Waals surface area contributed by atoms with E-state index in [1.165, 1.54) is 0 Å². The molecular weight excluding hydrogens is 152 g/mol. The van der Waals surface area contributed by atoms with Gasteiger partial charge in [0, 0.05) is 0 Å². The molecule has 0 aromatic carbocycles. The van der Waals surface area contributed by atoms with Crippen LogP contribution < -0.4 is 0 Å². The summed E-state index contributed by atoms with van der Waals surface area (Å²) < 4.78 is 8.55. The molecule has 0 aromatic rings. The number of rotatable bonds is 2. The maximum absolute atomic E-state index is 10.8. The predicted molar refractivity (Wildman–Crippen MR) is 31.6 cm³/mol. The van der Waals surface area contributed by atoms with Gasteiger partial charge in [-0.25, -0.2) is 9.59 Å². The van der Waals surface area contributed by atoms with Gasteiger partial charge in [-0.2, -0.15) is 0 Å². The van der Waals surface area contributed by atoms with Gasteiger partial charge in [-0.05, 0) is 0 Å². The van der Waals surface area contributed by atoms with E-state index in [1.807, 2.05) is 0 Å². The molecule has 0 aliphatic carbocycles. The first-order chi connectivity index (χ1) is 5.17. The van der Waals surface area contributed by atoms with Crippen molar-refractivity contribution < 1.29 is 19.1 Å². The van der Waals surface area contributed by atoms with Crippen molar-refractivity contribution >= 4 is 11.9 Å². The highest BCUT2D eigenvalue weighted by molar-refractivity contribution is 6.06. The minimum absolute atomic E-state index is 0.815. The van der Waals surface area contributed by atoms with Gasteiger partial charge in [-0.15, -0.1) is 10.2 Å². The Hall–Kier alpha value is -1.46. The summed E-state index contributed by atoms with van der Waals surface area (Å²) >= 11 is 0. The number of carbonyl (C=O) groups excluding carboxylic acids is 2. The Morgan fingerprint density at radius 2 is 1.45 bits per heavy atom. The van der Waals surface area contributed by atoms with Gasteiger partial charge in [-0.1, -0.05) is 0 Å². The third kappa shape index (κ3) is 0.957. The quantitative estimate of drug-likeness (QED) is 0.400. The molecular formula is C5H6N2O4. The van der Waals surface area contributed by atoms with Gasteiger partial charge in [0.25, 0.3) is 0 Å². The summed E-state index contributed by atoms with van der Waals surface area (Å²) in [5, 5.41) is 6.50. The van der Waals surface area contributed by atoms with Gasteiger partial charge in [0.05, 0.1) is 14.2 Å². The van der Waals surface area contributed by atoms with E-state index < -0.39 is 17.6 Å². The van der Waals surface area contributed by atoms with E-state index in [0.29, 0.717) is 0 Å². The summed E-state index contributed by atoms with van der Waals surface area (Å²) in [6, 6.07) is 0. The molecule has 0 saturated heterocycles. The highest BCUT2D eigenvalue weighted by Gasteiger charge is 2.59. The van der Waals surface area contributed by atoms with Crippen LogP contribution in [-0.2, 0) is 19.1 Å². The fourth-order valence-electron chi connectivity index (χ4n) is 0.581. The second-order valence-electron chi connectivity index (χ2n) is 1.86. The van der Waals surface area contributed by atoms with Crippen LogP contribution in [-0.4, -0.2) is 31.8 Å². The molecule has 0 fully saturated rings. The fourth-order valence-corrected chi connectivity index (χ4v) is 0.581. The van der Waals surface area contributed by atoms with Crippen molar-refractivity contribution in [2.24, 2.45) is 10.2 Å². The molecule has 6 heteroatoms. The van der Waals surface area contributed by atoms with Crippen LogP contribution in [0.1, 0.15) is 0 Å². The molecule has 0 atom stereocenters. The number of carbonyl (C=O) groups is 2. The third-order valence-corrected chi connectivity index (χ3v) is 1.24. The molecule has 1 heterocycles. The first-order valence-corrected chi connectivity index (χ1v) is 2.78. The molecule has 11 heavy (non-hydrogen) atoms. The van der Waals surface area contributed by atoms with Crippen LogP contribution in [0.15, 0.2) is 10.2 Å². The largest absolute Gasteiger partial charge is 0.465 e. The van der Waals surface area contributed by atoms with E-state index >= 15 is 0 Å². The minimum Gasteiger partial charge on any atom is -0.465 e. The maximum atomic E-state index is 10.8. The number of nitrogens with zero attached hydrogens (tertiary/aromatic N) is 2. The average molecular weight is 158 g/mol. The van der Waals surface area contributed by atoms with Gasteiger partial charge >= 0.3 is 17.6 Å². The van der Waals surface area contributed by atoms with E-state index in [4.69, 9.17) is 0 Å². The van der Waals surface area contributed by atoms with E-state index in [9.17, 15) is 9.59 Å². The molecule has 6 nitrogen and oxygen atoms in total. The van der Waals surface area contributed by atoms with Gasteiger partial charge < -0.3 is 9.47 Å². The van der Waals surface area contributed by atoms with Crippen LogP contribution in [0.2, 0.25) is 0 Å².